The summed E-state index contributed by atoms with van der Waals surface area (Å²) in [5.41, 5.74) is 2.93. The van der Waals surface area contributed by atoms with E-state index in [-0.39, 0.29) is 12.3 Å². The summed E-state index contributed by atoms with van der Waals surface area (Å²) in [6, 6.07) is 40.0. The molecule has 1 N–H and O–H groups in total. The normalized spacial score (nSPS) is 19.7. The summed E-state index contributed by atoms with van der Waals surface area (Å²) in [4.78, 5) is 17.7. The third kappa shape index (κ3) is 5.25. The number of amides is 1. The number of carbonyl (C=O) groups excluding carboxylic acids is 1. The molecule has 4 aromatic carbocycles. The molecule has 1 aliphatic rings. The molecular weight excluding hydrogens is 444 g/mol. The van der Waals surface area contributed by atoms with Crippen LogP contribution in [0.1, 0.15) is 34.7 Å². The molecule has 0 radical (unpaired) electrons. The fourth-order valence-corrected chi connectivity index (χ4v) is 5.31. The van der Waals surface area contributed by atoms with Crippen molar-refractivity contribution in [3.63, 3.8) is 0 Å². The maximum atomic E-state index is 13.4. The van der Waals surface area contributed by atoms with E-state index in [1.807, 2.05) is 77.7 Å². The minimum atomic E-state index is -1.27. The highest BCUT2D eigenvalue weighted by Crippen LogP contribution is 2.47. The molecule has 4 heteroatoms. The highest BCUT2D eigenvalue weighted by atomic mass is 16.3. The molecule has 5 rings (SSSR count). The predicted molar refractivity (Wildman–Crippen MR) is 143 cm³/mol. The maximum absolute atomic E-state index is 13.4. The highest BCUT2D eigenvalue weighted by molar-refractivity contribution is 5.81. The Kier molecular flexibility index (Phi) is 7.26. The van der Waals surface area contributed by atoms with Gasteiger partial charge in [0.1, 0.15) is 5.60 Å². The lowest BCUT2D eigenvalue weighted by Gasteiger charge is -2.35. The van der Waals surface area contributed by atoms with E-state index in [1.54, 1.807) is 0 Å². The molecule has 2 unspecified atom stereocenters. The van der Waals surface area contributed by atoms with Crippen LogP contribution in [0.15, 0.2) is 121 Å². The lowest BCUT2D eigenvalue weighted by molar-refractivity contribution is -0.129. The van der Waals surface area contributed by atoms with Crippen LogP contribution in [-0.2, 0) is 23.5 Å². The lowest BCUT2D eigenvalue weighted by Crippen LogP contribution is -2.40. The van der Waals surface area contributed by atoms with E-state index in [4.69, 9.17) is 0 Å². The molecular formula is C32H32N2O2. The van der Waals surface area contributed by atoms with Gasteiger partial charge in [-0.25, -0.2) is 0 Å². The Morgan fingerprint density at radius 3 is 1.72 bits per heavy atom. The Morgan fingerprint density at radius 1 is 0.722 bits per heavy atom. The molecule has 2 atom stereocenters. The Morgan fingerprint density at radius 2 is 1.19 bits per heavy atom. The molecule has 0 aromatic heterocycles. The largest absolute Gasteiger partial charge is 0.382 e. The molecule has 1 saturated heterocycles. The van der Waals surface area contributed by atoms with E-state index < -0.39 is 11.6 Å². The van der Waals surface area contributed by atoms with Gasteiger partial charge in [0.15, 0.2) is 0 Å². The number of hydrogen-bond donors (Lipinski definition) is 1. The summed E-state index contributed by atoms with van der Waals surface area (Å²) in [5.74, 6) is -0.0189. The van der Waals surface area contributed by atoms with Crippen LogP contribution in [0, 0.1) is 0 Å². The van der Waals surface area contributed by atoms with Crippen LogP contribution in [0.25, 0.3) is 0 Å². The summed E-state index contributed by atoms with van der Waals surface area (Å²) in [7, 11) is 0. The molecule has 36 heavy (non-hydrogen) atoms. The van der Waals surface area contributed by atoms with Crippen LogP contribution in [-0.4, -0.2) is 33.9 Å². The SMILES string of the molecule is O=C1CC(O)(c2ccccc2)C(c2ccccc2)N1CCN(Cc1ccccc1)Cc1ccccc1. The first-order chi connectivity index (χ1) is 17.6. The van der Waals surface area contributed by atoms with Crippen molar-refractivity contribution in [3.05, 3.63) is 144 Å². The van der Waals surface area contributed by atoms with Gasteiger partial charge in [0.2, 0.25) is 5.91 Å². The lowest BCUT2D eigenvalue weighted by atomic mass is 9.83. The van der Waals surface area contributed by atoms with Gasteiger partial charge in [-0.2, -0.15) is 0 Å². The van der Waals surface area contributed by atoms with Crippen LogP contribution in [0.2, 0.25) is 0 Å². The van der Waals surface area contributed by atoms with E-state index in [9.17, 15) is 9.90 Å². The number of benzene rings is 4. The summed E-state index contributed by atoms with van der Waals surface area (Å²) in [5, 5.41) is 12.0. The topological polar surface area (TPSA) is 43.8 Å². The van der Waals surface area contributed by atoms with Crippen LogP contribution < -0.4 is 0 Å². The van der Waals surface area contributed by atoms with Crippen molar-refractivity contribution in [2.75, 3.05) is 13.1 Å². The third-order valence-electron chi connectivity index (χ3n) is 7.05. The molecule has 4 nitrogen and oxygen atoms in total. The van der Waals surface area contributed by atoms with Crippen molar-refractivity contribution < 1.29 is 9.90 Å². The van der Waals surface area contributed by atoms with E-state index in [0.29, 0.717) is 13.1 Å². The molecule has 0 bridgehead atoms. The van der Waals surface area contributed by atoms with Crippen LogP contribution in [0.5, 0.6) is 0 Å². The third-order valence-corrected chi connectivity index (χ3v) is 7.05. The van der Waals surface area contributed by atoms with E-state index >= 15 is 0 Å². The molecule has 1 aliphatic heterocycles. The fraction of sp³-hybridized carbons (Fsp3) is 0.219. The van der Waals surface area contributed by atoms with Gasteiger partial charge in [0.25, 0.3) is 0 Å². The number of hydrogen-bond acceptors (Lipinski definition) is 3. The average Bonchev–Trinajstić information content (AvgIpc) is 3.19. The minimum absolute atomic E-state index is 0.0189. The van der Waals surface area contributed by atoms with E-state index in [0.717, 1.165) is 24.2 Å². The Balaban J connectivity index is 1.42. The van der Waals surface area contributed by atoms with Crippen molar-refractivity contribution in [1.29, 1.82) is 0 Å². The maximum Gasteiger partial charge on any atom is 0.226 e. The highest BCUT2D eigenvalue weighted by Gasteiger charge is 2.52. The second kappa shape index (κ2) is 10.9. The van der Waals surface area contributed by atoms with Gasteiger partial charge in [-0.15, -0.1) is 0 Å². The first-order valence-electron chi connectivity index (χ1n) is 12.6. The van der Waals surface area contributed by atoms with E-state index in [1.165, 1.54) is 11.1 Å². The second-order valence-corrected chi connectivity index (χ2v) is 9.55. The number of nitrogens with zero attached hydrogens (tertiary/aromatic N) is 2. The zero-order chi connectivity index (χ0) is 24.8. The van der Waals surface area contributed by atoms with Crippen LogP contribution in [0.4, 0.5) is 0 Å². The second-order valence-electron chi connectivity index (χ2n) is 9.55. The Bertz CT molecular complexity index is 1210. The molecule has 1 fully saturated rings. The predicted octanol–water partition coefficient (Wildman–Crippen LogP) is 5.55. The fourth-order valence-electron chi connectivity index (χ4n) is 5.31. The van der Waals surface area contributed by atoms with Gasteiger partial charge in [-0.05, 0) is 22.3 Å². The number of likely N-dealkylation sites (tertiary alicyclic amines) is 1. The minimum Gasteiger partial charge on any atom is -0.382 e. The molecule has 1 amide bonds. The summed E-state index contributed by atoms with van der Waals surface area (Å²) in [6.45, 7) is 2.81. The molecule has 182 valence electrons. The van der Waals surface area contributed by atoms with Crippen LogP contribution >= 0.6 is 0 Å². The quantitative estimate of drug-likeness (QED) is 0.344. The molecule has 4 aromatic rings. The molecule has 0 aliphatic carbocycles. The number of aliphatic hydroxyl groups is 1. The van der Waals surface area contributed by atoms with Gasteiger partial charge in [-0.1, -0.05) is 121 Å². The Labute approximate surface area is 213 Å². The zero-order valence-electron chi connectivity index (χ0n) is 20.4. The van der Waals surface area contributed by atoms with Gasteiger partial charge in [-0.3, -0.25) is 9.69 Å². The summed E-state index contributed by atoms with van der Waals surface area (Å²) >= 11 is 0. The number of carbonyl (C=O) groups is 1. The number of rotatable bonds is 9. The van der Waals surface area contributed by atoms with Gasteiger partial charge >= 0.3 is 0 Å². The van der Waals surface area contributed by atoms with Crippen LogP contribution in [0.3, 0.4) is 0 Å². The first-order valence-corrected chi connectivity index (χ1v) is 12.6. The molecule has 1 heterocycles. The molecule has 0 spiro atoms. The van der Waals surface area contributed by atoms with Gasteiger partial charge in [0.05, 0.1) is 12.5 Å². The smallest absolute Gasteiger partial charge is 0.226 e. The average molecular weight is 477 g/mol. The van der Waals surface area contributed by atoms with E-state index in [2.05, 4.69) is 53.4 Å². The van der Waals surface area contributed by atoms with Crippen molar-refractivity contribution in [2.24, 2.45) is 0 Å². The Hall–Kier alpha value is -3.73. The van der Waals surface area contributed by atoms with Gasteiger partial charge < -0.3 is 10.0 Å². The molecule has 0 saturated carbocycles. The first kappa shape index (κ1) is 24.0. The monoisotopic (exact) mass is 476 g/mol. The summed E-state index contributed by atoms with van der Waals surface area (Å²) in [6.07, 6.45) is 0.0773. The van der Waals surface area contributed by atoms with Crippen molar-refractivity contribution in [1.82, 2.24) is 9.80 Å². The van der Waals surface area contributed by atoms with Crippen molar-refractivity contribution in [2.45, 2.75) is 31.2 Å². The van der Waals surface area contributed by atoms with Crippen molar-refractivity contribution in [3.8, 4) is 0 Å². The van der Waals surface area contributed by atoms with Crippen molar-refractivity contribution >= 4 is 5.91 Å². The standard InChI is InChI=1S/C32H32N2O2/c35-30-23-32(36,29-19-11-4-12-20-29)31(28-17-9-3-10-18-28)34(30)22-21-33(24-26-13-5-1-6-14-26)25-27-15-7-2-8-16-27/h1-20,31,36H,21-25H2. The summed E-state index contributed by atoms with van der Waals surface area (Å²) < 4.78 is 0. The zero-order valence-corrected chi connectivity index (χ0v) is 20.4. The van der Waals surface area contributed by atoms with Gasteiger partial charge in [0, 0.05) is 26.2 Å².